The Labute approximate surface area is 92.6 Å². The van der Waals surface area contributed by atoms with Gasteiger partial charge in [-0.2, -0.15) is 0 Å². The summed E-state index contributed by atoms with van der Waals surface area (Å²) >= 11 is 0. The van der Waals surface area contributed by atoms with Crippen molar-refractivity contribution in [2.24, 2.45) is 4.76 Å². The number of hydroxylamine groups is 1. The molecule has 1 heterocycles. The summed E-state index contributed by atoms with van der Waals surface area (Å²) in [6, 6.07) is 0. The average molecular weight is 233 g/mol. The molecule has 0 bridgehead atoms. The average Bonchev–Trinajstić information content (AvgIpc) is 2.63. The first-order chi connectivity index (χ1) is 7.09. The molecule has 6 heteroatoms. The van der Waals surface area contributed by atoms with Crippen LogP contribution in [-0.2, 0) is 4.52 Å². The Morgan fingerprint density at radius 1 is 1.47 bits per heavy atom. The van der Waals surface area contributed by atoms with E-state index in [0.717, 1.165) is 17.9 Å². The predicted octanol–water partition coefficient (Wildman–Crippen LogP) is 2.08. The van der Waals surface area contributed by atoms with E-state index in [4.69, 9.17) is 4.52 Å². The minimum Gasteiger partial charge on any atom is -0.363 e. The quantitative estimate of drug-likeness (QED) is 0.342. The fraction of sp³-hybridized carbons (Fsp3) is 0.889. The first-order valence-electron chi connectivity index (χ1n) is 5.27. The van der Waals surface area contributed by atoms with Crippen LogP contribution in [0.3, 0.4) is 0 Å². The van der Waals surface area contributed by atoms with Crippen LogP contribution in [0.5, 0.6) is 0 Å². The molecule has 0 aliphatic carbocycles. The van der Waals surface area contributed by atoms with Crippen LogP contribution >= 0.6 is 8.45 Å². The maximum atomic E-state index is 9.34. The highest BCUT2D eigenvalue weighted by atomic mass is 31.2. The van der Waals surface area contributed by atoms with Gasteiger partial charge in [-0.1, -0.05) is 0 Å². The molecular formula is C9H20N3O2P. The van der Waals surface area contributed by atoms with Crippen molar-refractivity contribution in [3.8, 4) is 0 Å². The Morgan fingerprint density at radius 3 is 2.53 bits per heavy atom. The lowest BCUT2D eigenvalue weighted by atomic mass is 10.4. The molecule has 15 heavy (non-hydrogen) atoms. The molecule has 1 saturated heterocycles. The maximum Gasteiger partial charge on any atom is 0.264 e. The standard InChI is InChI=1S/C9H20N3O2P/c1-9(2)14-15(11(3)13)10-8-12-6-4-5-7-12/h8-9,13H,4-7H2,1-3H3. The van der Waals surface area contributed by atoms with Crippen LogP contribution in [0, 0.1) is 0 Å². The van der Waals surface area contributed by atoms with Crippen LogP contribution in [0.2, 0.25) is 0 Å². The number of likely N-dealkylation sites (tertiary alicyclic amines) is 1. The Hall–Kier alpha value is -0.220. The third-order valence-electron chi connectivity index (χ3n) is 2.01. The van der Waals surface area contributed by atoms with E-state index < -0.39 is 8.45 Å². The molecule has 0 aromatic heterocycles. The molecule has 1 N–H and O–H groups in total. The molecule has 1 rings (SSSR count). The lowest BCUT2D eigenvalue weighted by molar-refractivity contribution is 0.0178. The van der Waals surface area contributed by atoms with E-state index >= 15 is 0 Å². The second kappa shape index (κ2) is 6.38. The first-order valence-corrected chi connectivity index (χ1v) is 6.43. The fourth-order valence-corrected chi connectivity index (χ4v) is 2.28. The molecule has 1 aliphatic heterocycles. The van der Waals surface area contributed by atoms with Crippen molar-refractivity contribution in [3.63, 3.8) is 0 Å². The summed E-state index contributed by atoms with van der Waals surface area (Å²) in [5, 5.41) is 9.34. The second-order valence-corrected chi connectivity index (χ2v) is 5.40. The summed E-state index contributed by atoms with van der Waals surface area (Å²) in [5.74, 6) is 0. The topological polar surface area (TPSA) is 48.3 Å². The van der Waals surface area contributed by atoms with Crippen molar-refractivity contribution in [1.29, 1.82) is 0 Å². The molecule has 1 aliphatic rings. The molecule has 0 aromatic carbocycles. The molecule has 1 atom stereocenters. The van der Waals surface area contributed by atoms with E-state index in [1.807, 2.05) is 13.8 Å². The number of hydrogen-bond acceptors (Lipinski definition) is 4. The van der Waals surface area contributed by atoms with Crippen LogP contribution < -0.4 is 0 Å². The Balaban J connectivity index is 2.41. The molecule has 0 spiro atoms. The molecule has 0 saturated carbocycles. The maximum absolute atomic E-state index is 9.34. The summed E-state index contributed by atoms with van der Waals surface area (Å²) in [5.41, 5.74) is 0. The lowest BCUT2D eigenvalue weighted by Gasteiger charge is -2.20. The molecule has 5 nitrogen and oxygen atoms in total. The second-order valence-electron chi connectivity index (χ2n) is 3.87. The molecule has 0 radical (unpaired) electrons. The van der Waals surface area contributed by atoms with Crippen LogP contribution in [0.25, 0.3) is 0 Å². The monoisotopic (exact) mass is 233 g/mol. The zero-order valence-electron chi connectivity index (χ0n) is 9.63. The largest absolute Gasteiger partial charge is 0.363 e. The highest BCUT2D eigenvalue weighted by Crippen LogP contribution is 2.41. The van der Waals surface area contributed by atoms with Gasteiger partial charge in [-0.05, 0) is 26.7 Å². The number of nitrogens with zero attached hydrogens (tertiary/aromatic N) is 3. The molecule has 1 fully saturated rings. The molecule has 1 unspecified atom stereocenters. The minimum absolute atomic E-state index is 0.0708. The summed E-state index contributed by atoms with van der Waals surface area (Å²) in [6.07, 6.45) is 4.32. The zero-order valence-corrected chi connectivity index (χ0v) is 10.5. The fourth-order valence-electron chi connectivity index (χ4n) is 1.33. The van der Waals surface area contributed by atoms with Gasteiger partial charge in [0.1, 0.15) is 0 Å². The van der Waals surface area contributed by atoms with Crippen molar-refractivity contribution in [2.45, 2.75) is 32.8 Å². The van der Waals surface area contributed by atoms with Crippen LogP contribution in [0.4, 0.5) is 0 Å². The van der Waals surface area contributed by atoms with Crippen molar-refractivity contribution in [2.75, 3.05) is 20.1 Å². The lowest BCUT2D eigenvalue weighted by Crippen LogP contribution is -2.17. The summed E-state index contributed by atoms with van der Waals surface area (Å²) in [4.78, 5) is 3.20. The number of hydrogen-bond donors (Lipinski definition) is 1. The van der Waals surface area contributed by atoms with E-state index in [2.05, 4.69) is 9.66 Å². The van der Waals surface area contributed by atoms with Gasteiger partial charge in [-0.3, -0.25) is 0 Å². The summed E-state index contributed by atoms with van der Waals surface area (Å²) in [6.45, 7) is 5.99. The molecule has 0 amide bonds. The smallest absolute Gasteiger partial charge is 0.264 e. The summed E-state index contributed by atoms with van der Waals surface area (Å²) < 4.78 is 9.75. The van der Waals surface area contributed by atoms with Crippen molar-refractivity contribution >= 4 is 14.8 Å². The van der Waals surface area contributed by atoms with Gasteiger partial charge in [-0.25, -0.2) is 4.76 Å². The Kier molecular flexibility index (Phi) is 5.47. The van der Waals surface area contributed by atoms with Gasteiger partial charge in [-0.15, -0.1) is 4.83 Å². The predicted molar refractivity (Wildman–Crippen MR) is 62.0 cm³/mol. The summed E-state index contributed by atoms with van der Waals surface area (Å²) in [7, 11) is 0.306. The SMILES string of the molecule is CC(C)OP(N=CN1CCCC1)N(C)O. The van der Waals surface area contributed by atoms with Crippen LogP contribution in [0.1, 0.15) is 26.7 Å². The van der Waals surface area contributed by atoms with E-state index in [0.29, 0.717) is 0 Å². The van der Waals surface area contributed by atoms with Crippen molar-refractivity contribution < 1.29 is 9.73 Å². The van der Waals surface area contributed by atoms with Crippen molar-refractivity contribution in [3.05, 3.63) is 0 Å². The van der Waals surface area contributed by atoms with E-state index in [1.54, 1.807) is 13.4 Å². The van der Waals surface area contributed by atoms with Crippen LogP contribution in [0.15, 0.2) is 4.76 Å². The van der Waals surface area contributed by atoms with Gasteiger partial charge >= 0.3 is 0 Å². The minimum atomic E-state index is -1.26. The van der Waals surface area contributed by atoms with Gasteiger partial charge in [0.2, 0.25) is 0 Å². The highest BCUT2D eigenvalue weighted by molar-refractivity contribution is 7.48. The van der Waals surface area contributed by atoms with E-state index in [-0.39, 0.29) is 6.10 Å². The molecule has 0 aromatic rings. The number of rotatable bonds is 5. The van der Waals surface area contributed by atoms with E-state index in [9.17, 15) is 5.21 Å². The third-order valence-corrected chi connectivity index (χ3v) is 3.41. The van der Waals surface area contributed by atoms with Gasteiger partial charge < -0.3 is 14.6 Å². The van der Waals surface area contributed by atoms with Gasteiger partial charge in [0, 0.05) is 20.1 Å². The normalized spacial score (nSPS) is 19.7. The van der Waals surface area contributed by atoms with Gasteiger partial charge in [0.25, 0.3) is 8.45 Å². The highest BCUT2D eigenvalue weighted by Gasteiger charge is 2.15. The molecule has 88 valence electrons. The molecular weight excluding hydrogens is 213 g/mol. The third kappa shape index (κ3) is 4.89. The van der Waals surface area contributed by atoms with E-state index in [1.165, 1.54) is 12.8 Å². The van der Waals surface area contributed by atoms with Gasteiger partial charge in [0.15, 0.2) is 0 Å². The Bertz CT molecular complexity index is 206. The van der Waals surface area contributed by atoms with Gasteiger partial charge in [0.05, 0.1) is 12.4 Å². The van der Waals surface area contributed by atoms with Crippen molar-refractivity contribution in [1.82, 2.24) is 9.73 Å². The zero-order chi connectivity index (χ0) is 11.3. The Morgan fingerprint density at radius 2 is 2.07 bits per heavy atom. The first kappa shape index (κ1) is 12.8. The van der Waals surface area contributed by atoms with Crippen LogP contribution in [-0.4, -0.2) is 47.5 Å².